The van der Waals surface area contributed by atoms with Crippen molar-refractivity contribution in [1.82, 2.24) is 0 Å². The highest BCUT2D eigenvalue weighted by Crippen LogP contribution is 2.46. The molecule has 208 valence electrons. The van der Waals surface area contributed by atoms with Crippen LogP contribution in [0.1, 0.15) is 56.8 Å². The Morgan fingerprint density at radius 3 is 2.45 bits per heavy atom. The molecule has 1 unspecified atom stereocenters. The number of ketones is 1. The third kappa shape index (κ3) is 4.92. The van der Waals surface area contributed by atoms with E-state index in [1.807, 2.05) is 55.3 Å². The van der Waals surface area contributed by atoms with Gasteiger partial charge in [-0.2, -0.15) is 0 Å². The van der Waals surface area contributed by atoms with E-state index in [0.717, 1.165) is 23.2 Å². The fourth-order valence-electron chi connectivity index (χ4n) is 5.21. The average Bonchev–Trinajstić information content (AvgIpc) is 3.21. The third-order valence-corrected chi connectivity index (χ3v) is 7.45. The molecule has 3 aromatic rings. The predicted octanol–water partition coefficient (Wildman–Crippen LogP) is 6.23. The number of hydrogen-bond acceptors (Lipinski definition) is 6. The number of para-hydroxylation sites is 2. The van der Waals surface area contributed by atoms with Crippen molar-refractivity contribution in [1.29, 1.82) is 0 Å². The molecule has 1 saturated heterocycles. The number of aliphatic hydroxyl groups excluding tert-OH is 1. The highest BCUT2D eigenvalue weighted by atomic mass is 16.5. The van der Waals surface area contributed by atoms with Crippen LogP contribution in [-0.4, -0.2) is 43.6 Å². The Labute approximate surface area is 235 Å². The van der Waals surface area contributed by atoms with Crippen LogP contribution < -0.4 is 19.3 Å². The van der Waals surface area contributed by atoms with Gasteiger partial charge in [-0.15, -0.1) is 0 Å². The molecule has 0 bridgehead atoms. The van der Waals surface area contributed by atoms with Crippen LogP contribution in [0.4, 0.5) is 11.4 Å². The summed E-state index contributed by atoms with van der Waals surface area (Å²) in [5.41, 5.74) is 3.56. The fourth-order valence-corrected chi connectivity index (χ4v) is 5.21. The van der Waals surface area contributed by atoms with Gasteiger partial charge in [0, 0.05) is 12.6 Å². The standard InChI is InChI=1S/C33H36N2O5/c1-6-18-39-26-10-8-7-9-24(26)35-29(21-11-14-23(15-12-21)33(2,3)4)28(31(37)32(35)38)30(36)22-13-16-27-25(20-22)34(5)17-19-40-27/h7-16,20,29,36H,6,17-19H2,1-5H3/b30-28-. The third-order valence-electron chi connectivity index (χ3n) is 7.45. The molecule has 0 radical (unpaired) electrons. The average molecular weight is 541 g/mol. The first-order valence-corrected chi connectivity index (χ1v) is 13.7. The van der Waals surface area contributed by atoms with Crippen molar-refractivity contribution < 1.29 is 24.2 Å². The summed E-state index contributed by atoms with van der Waals surface area (Å²) in [6.45, 7) is 10.1. The van der Waals surface area contributed by atoms with E-state index < -0.39 is 17.7 Å². The van der Waals surface area contributed by atoms with Gasteiger partial charge in [0.2, 0.25) is 0 Å². The van der Waals surface area contributed by atoms with Crippen LogP contribution in [0.3, 0.4) is 0 Å². The maximum absolute atomic E-state index is 13.7. The lowest BCUT2D eigenvalue weighted by Crippen LogP contribution is -2.30. The molecule has 0 aromatic heterocycles. The highest BCUT2D eigenvalue weighted by Gasteiger charge is 2.48. The zero-order valence-electron chi connectivity index (χ0n) is 23.7. The van der Waals surface area contributed by atoms with Crippen molar-refractivity contribution >= 4 is 28.8 Å². The van der Waals surface area contributed by atoms with E-state index in [9.17, 15) is 14.7 Å². The first kappa shape index (κ1) is 27.3. The van der Waals surface area contributed by atoms with Gasteiger partial charge in [-0.25, -0.2) is 0 Å². The van der Waals surface area contributed by atoms with Gasteiger partial charge in [0.05, 0.1) is 36.1 Å². The summed E-state index contributed by atoms with van der Waals surface area (Å²) in [5, 5.41) is 11.7. The highest BCUT2D eigenvalue weighted by molar-refractivity contribution is 6.52. The van der Waals surface area contributed by atoms with Gasteiger partial charge in [0.15, 0.2) is 0 Å². The second-order valence-corrected chi connectivity index (χ2v) is 11.3. The molecule has 0 saturated carbocycles. The molecule has 0 aliphatic carbocycles. The number of likely N-dealkylation sites (N-methyl/N-ethyl adjacent to an activating group) is 1. The number of aliphatic hydroxyl groups is 1. The lowest BCUT2D eigenvalue weighted by Gasteiger charge is -2.29. The van der Waals surface area contributed by atoms with Crippen molar-refractivity contribution in [2.45, 2.75) is 45.6 Å². The number of rotatable bonds is 6. The van der Waals surface area contributed by atoms with Gasteiger partial charge >= 0.3 is 0 Å². The number of nitrogens with zero attached hydrogens (tertiary/aromatic N) is 2. The van der Waals surface area contributed by atoms with Crippen molar-refractivity contribution in [2.24, 2.45) is 0 Å². The Balaban J connectivity index is 1.69. The summed E-state index contributed by atoms with van der Waals surface area (Å²) < 4.78 is 11.7. The number of hydrogen-bond donors (Lipinski definition) is 1. The normalized spacial score (nSPS) is 18.5. The molecular weight excluding hydrogens is 504 g/mol. The molecular formula is C33H36N2O5. The second kappa shape index (κ2) is 10.7. The van der Waals surface area contributed by atoms with E-state index in [-0.39, 0.29) is 16.7 Å². The topological polar surface area (TPSA) is 79.3 Å². The minimum Gasteiger partial charge on any atom is -0.507 e. The zero-order chi connectivity index (χ0) is 28.6. The molecule has 0 spiro atoms. The van der Waals surface area contributed by atoms with Crippen molar-refractivity contribution in [3.8, 4) is 11.5 Å². The summed E-state index contributed by atoms with van der Waals surface area (Å²) in [6, 6.07) is 19.6. The number of amides is 1. The number of Topliss-reactive ketones (excluding diaryl/α,β-unsaturated/α-hetero) is 1. The predicted molar refractivity (Wildman–Crippen MR) is 157 cm³/mol. The molecule has 1 fully saturated rings. The van der Waals surface area contributed by atoms with Crippen molar-refractivity contribution in [3.63, 3.8) is 0 Å². The van der Waals surface area contributed by atoms with Crippen LogP contribution >= 0.6 is 0 Å². The number of fused-ring (bicyclic) bond motifs is 1. The summed E-state index contributed by atoms with van der Waals surface area (Å²) in [6.07, 6.45) is 0.793. The Morgan fingerprint density at radius 2 is 1.75 bits per heavy atom. The van der Waals surface area contributed by atoms with Gasteiger partial charge < -0.3 is 19.5 Å². The molecule has 1 N–H and O–H groups in total. The zero-order valence-corrected chi connectivity index (χ0v) is 23.7. The molecule has 7 heteroatoms. The van der Waals surface area contributed by atoms with Crippen LogP contribution in [0.5, 0.6) is 11.5 Å². The summed E-state index contributed by atoms with van der Waals surface area (Å²) in [5.74, 6) is -0.455. The summed E-state index contributed by atoms with van der Waals surface area (Å²) in [7, 11) is 1.95. The monoisotopic (exact) mass is 540 g/mol. The molecule has 3 aromatic carbocycles. The van der Waals surface area contributed by atoms with Crippen LogP contribution in [0.15, 0.2) is 72.3 Å². The van der Waals surface area contributed by atoms with E-state index in [0.29, 0.717) is 42.5 Å². The number of carbonyl (C=O) groups is 2. The second-order valence-electron chi connectivity index (χ2n) is 11.3. The van der Waals surface area contributed by atoms with Crippen LogP contribution in [0.2, 0.25) is 0 Å². The first-order valence-electron chi connectivity index (χ1n) is 13.7. The Hall–Kier alpha value is -4.26. The lowest BCUT2D eigenvalue weighted by molar-refractivity contribution is -0.132. The minimum atomic E-state index is -0.842. The van der Waals surface area contributed by atoms with E-state index in [1.165, 1.54) is 4.90 Å². The number of anilines is 2. The minimum absolute atomic E-state index is 0.0399. The molecule has 5 rings (SSSR count). The molecule has 2 heterocycles. The quantitative estimate of drug-likeness (QED) is 0.227. The van der Waals surface area contributed by atoms with E-state index in [1.54, 1.807) is 30.3 Å². The number of benzene rings is 3. The van der Waals surface area contributed by atoms with Gasteiger partial charge in [-0.3, -0.25) is 14.5 Å². The molecule has 1 atom stereocenters. The summed E-state index contributed by atoms with van der Waals surface area (Å²) in [4.78, 5) is 30.9. The Bertz CT molecular complexity index is 1470. The Kier molecular flexibility index (Phi) is 7.32. The summed E-state index contributed by atoms with van der Waals surface area (Å²) >= 11 is 0. The van der Waals surface area contributed by atoms with Gasteiger partial charge in [-0.05, 0) is 53.3 Å². The van der Waals surface area contributed by atoms with Gasteiger partial charge in [-0.1, -0.05) is 64.1 Å². The number of ether oxygens (including phenoxy) is 2. The van der Waals surface area contributed by atoms with E-state index >= 15 is 0 Å². The Morgan fingerprint density at radius 1 is 1.02 bits per heavy atom. The SMILES string of the molecule is CCCOc1ccccc1N1C(=O)C(=O)/C(=C(\O)c2ccc3c(c2)N(C)CCO3)C1c1ccc(C(C)(C)C)cc1. The largest absolute Gasteiger partial charge is 0.507 e. The molecule has 2 aliphatic rings. The fraction of sp³-hybridized carbons (Fsp3) is 0.333. The molecule has 40 heavy (non-hydrogen) atoms. The maximum atomic E-state index is 13.7. The van der Waals surface area contributed by atoms with Crippen LogP contribution in [-0.2, 0) is 15.0 Å². The van der Waals surface area contributed by atoms with E-state index in [4.69, 9.17) is 9.47 Å². The van der Waals surface area contributed by atoms with Gasteiger partial charge in [0.25, 0.3) is 11.7 Å². The van der Waals surface area contributed by atoms with E-state index in [2.05, 4.69) is 20.8 Å². The maximum Gasteiger partial charge on any atom is 0.300 e. The molecule has 2 aliphatic heterocycles. The van der Waals surface area contributed by atoms with Gasteiger partial charge in [0.1, 0.15) is 23.9 Å². The smallest absolute Gasteiger partial charge is 0.300 e. The molecule has 1 amide bonds. The first-order chi connectivity index (χ1) is 19.1. The van der Waals surface area contributed by atoms with Crippen molar-refractivity contribution in [3.05, 3.63) is 89.0 Å². The lowest BCUT2D eigenvalue weighted by atomic mass is 9.85. The van der Waals surface area contributed by atoms with Crippen molar-refractivity contribution in [2.75, 3.05) is 36.6 Å². The number of carbonyl (C=O) groups excluding carboxylic acids is 2. The van der Waals surface area contributed by atoms with Crippen LogP contribution in [0.25, 0.3) is 5.76 Å². The van der Waals surface area contributed by atoms with Crippen LogP contribution in [0, 0.1) is 0 Å². The molecule has 7 nitrogen and oxygen atoms in total.